The molecule has 0 aliphatic carbocycles. The molecule has 0 unspecified atom stereocenters. The Labute approximate surface area is 87.8 Å². The number of pyridine rings is 1. The van der Waals surface area contributed by atoms with Gasteiger partial charge in [-0.15, -0.1) is 0 Å². The van der Waals surface area contributed by atoms with Crippen LogP contribution in [0.15, 0.2) is 24.5 Å². The van der Waals surface area contributed by atoms with Crippen molar-refractivity contribution in [3.63, 3.8) is 0 Å². The summed E-state index contributed by atoms with van der Waals surface area (Å²) < 4.78 is 10.8. The van der Waals surface area contributed by atoms with Gasteiger partial charge in [0.25, 0.3) is 0 Å². The zero-order valence-electron chi connectivity index (χ0n) is 8.30. The third-order valence-corrected chi connectivity index (χ3v) is 2.32. The van der Waals surface area contributed by atoms with Crippen molar-refractivity contribution < 1.29 is 14.6 Å². The number of nitrogens with zero attached hydrogens (tertiary/aromatic N) is 1. The average molecular weight is 210 g/mol. The fraction of sp³-hybridized carbons (Fsp3) is 0.500. The summed E-state index contributed by atoms with van der Waals surface area (Å²) in [5.74, 6) is 0. The molecule has 0 aromatic carbocycles. The molecule has 1 aromatic heterocycles. The summed E-state index contributed by atoms with van der Waals surface area (Å²) in [5.41, 5.74) is 5.86. The quantitative estimate of drug-likeness (QED) is 0.707. The molecule has 1 aliphatic heterocycles. The number of aromatic nitrogens is 1. The summed E-state index contributed by atoms with van der Waals surface area (Å²) in [4.78, 5) is 3.98. The summed E-state index contributed by atoms with van der Waals surface area (Å²) in [6.07, 6.45) is 2.95. The highest BCUT2D eigenvalue weighted by atomic mass is 16.7. The van der Waals surface area contributed by atoms with E-state index < -0.39 is 11.8 Å². The van der Waals surface area contributed by atoms with Gasteiger partial charge in [-0.3, -0.25) is 4.98 Å². The molecule has 3 N–H and O–H groups in total. The number of nitrogens with two attached hydrogens (primary N) is 1. The van der Waals surface area contributed by atoms with Crippen LogP contribution in [0.1, 0.15) is 11.9 Å². The topological polar surface area (TPSA) is 77.6 Å². The molecular formula is C10H14N2O3. The second-order valence-electron chi connectivity index (χ2n) is 3.76. The molecule has 1 saturated heterocycles. The van der Waals surface area contributed by atoms with E-state index in [0.29, 0.717) is 0 Å². The van der Waals surface area contributed by atoms with Gasteiger partial charge in [-0.05, 0) is 6.07 Å². The predicted octanol–water partition coefficient (Wildman–Crippen LogP) is -0.183. The third-order valence-electron chi connectivity index (χ3n) is 2.32. The fourth-order valence-electron chi connectivity index (χ4n) is 1.37. The Bertz CT molecular complexity index is 310. The van der Waals surface area contributed by atoms with Crippen LogP contribution in [-0.2, 0) is 9.47 Å². The van der Waals surface area contributed by atoms with E-state index in [-0.39, 0.29) is 19.8 Å². The van der Waals surface area contributed by atoms with E-state index in [9.17, 15) is 0 Å². The molecule has 0 bridgehead atoms. The summed E-state index contributed by atoms with van der Waals surface area (Å²) in [6, 6.07) is 3.69. The molecule has 15 heavy (non-hydrogen) atoms. The van der Waals surface area contributed by atoms with Gasteiger partial charge >= 0.3 is 0 Å². The first-order valence-electron chi connectivity index (χ1n) is 4.76. The lowest BCUT2D eigenvalue weighted by Gasteiger charge is -2.35. The van der Waals surface area contributed by atoms with Crippen molar-refractivity contribution in [2.45, 2.75) is 11.8 Å². The molecule has 0 atom stereocenters. The van der Waals surface area contributed by atoms with Crippen molar-refractivity contribution in [3.8, 4) is 0 Å². The molecule has 0 spiro atoms. The Kier molecular flexibility index (Phi) is 2.97. The minimum atomic E-state index is -0.779. The van der Waals surface area contributed by atoms with Crippen molar-refractivity contribution in [2.75, 3.05) is 19.8 Å². The minimum Gasteiger partial charge on any atom is -0.394 e. The van der Waals surface area contributed by atoms with Crippen LogP contribution in [0.4, 0.5) is 0 Å². The average Bonchev–Trinajstić information content (AvgIpc) is 2.31. The highest BCUT2D eigenvalue weighted by Gasteiger charge is 2.33. The van der Waals surface area contributed by atoms with Gasteiger partial charge in [-0.25, -0.2) is 0 Å². The van der Waals surface area contributed by atoms with Gasteiger partial charge in [0, 0.05) is 18.0 Å². The van der Waals surface area contributed by atoms with Gasteiger partial charge in [0.1, 0.15) is 0 Å². The molecule has 5 heteroatoms. The Hall–Kier alpha value is -1.01. The SMILES string of the molecule is NC1(CO)COC(c2cccnc2)OC1. The standard InChI is InChI=1S/C10H14N2O3/c11-10(5-13)6-14-9(15-7-10)8-2-1-3-12-4-8/h1-4,9,13H,5-7,11H2. The molecule has 2 rings (SSSR count). The molecule has 0 saturated carbocycles. The fourth-order valence-corrected chi connectivity index (χ4v) is 1.37. The van der Waals surface area contributed by atoms with Crippen LogP contribution < -0.4 is 5.73 Å². The van der Waals surface area contributed by atoms with E-state index in [1.54, 1.807) is 12.4 Å². The van der Waals surface area contributed by atoms with Gasteiger partial charge in [-0.2, -0.15) is 0 Å². The second kappa shape index (κ2) is 4.24. The largest absolute Gasteiger partial charge is 0.394 e. The second-order valence-corrected chi connectivity index (χ2v) is 3.76. The van der Waals surface area contributed by atoms with Crippen LogP contribution in [0.3, 0.4) is 0 Å². The molecule has 0 radical (unpaired) electrons. The van der Waals surface area contributed by atoms with E-state index in [1.807, 2.05) is 12.1 Å². The third kappa shape index (κ3) is 2.32. The number of aliphatic hydroxyl groups excluding tert-OH is 1. The number of hydrogen-bond donors (Lipinski definition) is 2. The molecule has 1 fully saturated rings. The first-order chi connectivity index (χ1) is 7.23. The molecule has 82 valence electrons. The zero-order chi connectivity index (χ0) is 10.7. The Morgan fingerprint density at radius 2 is 2.27 bits per heavy atom. The Morgan fingerprint density at radius 1 is 1.53 bits per heavy atom. The molecular weight excluding hydrogens is 196 g/mol. The summed E-state index contributed by atoms with van der Waals surface area (Å²) in [6.45, 7) is 0.416. The first-order valence-corrected chi connectivity index (χ1v) is 4.76. The van der Waals surface area contributed by atoms with Crippen molar-refractivity contribution >= 4 is 0 Å². The molecule has 5 nitrogen and oxygen atoms in total. The van der Waals surface area contributed by atoms with Crippen molar-refractivity contribution in [3.05, 3.63) is 30.1 Å². The smallest absolute Gasteiger partial charge is 0.185 e. The van der Waals surface area contributed by atoms with Gasteiger partial charge in [-0.1, -0.05) is 6.07 Å². The lowest BCUT2D eigenvalue weighted by atomic mass is 10.0. The van der Waals surface area contributed by atoms with Gasteiger partial charge in [0.2, 0.25) is 0 Å². The monoisotopic (exact) mass is 210 g/mol. The lowest BCUT2D eigenvalue weighted by molar-refractivity contribution is -0.216. The van der Waals surface area contributed by atoms with E-state index >= 15 is 0 Å². The first kappa shape index (κ1) is 10.5. The molecule has 0 amide bonds. The Morgan fingerprint density at radius 3 is 2.80 bits per heavy atom. The lowest BCUT2D eigenvalue weighted by Crippen LogP contribution is -2.55. The van der Waals surface area contributed by atoms with Crippen molar-refractivity contribution in [2.24, 2.45) is 5.73 Å². The van der Waals surface area contributed by atoms with Crippen LogP contribution in [0.25, 0.3) is 0 Å². The van der Waals surface area contributed by atoms with Crippen LogP contribution in [-0.4, -0.2) is 35.5 Å². The van der Waals surface area contributed by atoms with Crippen molar-refractivity contribution in [1.29, 1.82) is 0 Å². The Balaban J connectivity index is 2.00. The van der Waals surface area contributed by atoms with Crippen LogP contribution >= 0.6 is 0 Å². The van der Waals surface area contributed by atoms with E-state index in [1.165, 1.54) is 0 Å². The zero-order valence-corrected chi connectivity index (χ0v) is 8.30. The maximum Gasteiger partial charge on any atom is 0.185 e. The van der Waals surface area contributed by atoms with Gasteiger partial charge in [0.05, 0.1) is 25.4 Å². The van der Waals surface area contributed by atoms with E-state index in [2.05, 4.69) is 4.98 Å². The minimum absolute atomic E-state index is 0.146. The van der Waals surface area contributed by atoms with E-state index in [4.69, 9.17) is 20.3 Å². The maximum absolute atomic E-state index is 9.01. The summed E-state index contributed by atoms with van der Waals surface area (Å²) >= 11 is 0. The number of hydrogen-bond acceptors (Lipinski definition) is 5. The molecule has 1 aliphatic rings. The van der Waals surface area contributed by atoms with Crippen molar-refractivity contribution in [1.82, 2.24) is 4.98 Å². The highest BCUT2D eigenvalue weighted by molar-refractivity contribution is 5.10. The van der Waals surface area contributed by atoms with Gasteiger partial charge in [0.15, 0.2) is 6.29 Å². The number of rotatable bonds is 2. The molecule has 2 heterocycles. The number of ether oxygens (including phenoxy) is 2. The van der Waals surface area contributed by atoms with E-state index in [0.717, 1.165) is 5.56 Å². The highest BCUT2D eigenvalue weighted by Crippen LogP contribution is 2.24. The summed E-state index contributed by atoms with van der Waals surface area (Å²) in [7, 11) is 0. The van der Waals surface area contributed by atoms with Crippen LogP contribution in [0.5, 0.6) is 0 Å². The predicted molar refractivity (Wildman–Crippen MR) is 52.9 cm³/mol. The van der Waals surface area contributed by atoms with Crippen LogP contribution in [0.2, 0.25) is 0 Å². The maximum atomic E-state index is 9.01. The van der Waals surface area contributed by atoms with Gasteiger partial charge < -0.3 is 20.3 Å². The molecule has 1 aromatic rings. The normalized spacial score (nSPS) is 31.5. The summed E-state index contributed by atoms with van der Waals surface area (Å²) in [5, 5.41) is 9.01. The number of aliphatic hydroxyl groups is 1. The van der Waals surface area contributed by atoms with Crippen LogP contribution in [0, 0.1) is 0 Å².